The first kappa shape index (κ1) is 14.2. The lowest BCUT2D eigenvalue weighted by atomic mass is 9.96. The molecule has 0 saturated carbocycles. The number of anilines is 1. The number of halogens is 2. The van der Waals surface area contributed by atoms with Crippen LogP contribution in [0.1, 0.15) is 12.5 Å². The largest absolute Gasteiger partial charge is 0.384 e. The number of hydrogen-bond donors (Lipinski definition) is 2. The van der Waals surface area contributed by atoms with Gasteiger partial charge in [-0.3, -0.25) is 0 Å². The summed E-state index contributed by atoms with van der Waals surface area (Å²) in [7, 11) is 0. The summed E-state index contributed by atoms with van der Waals surface area (Å²) < 4.78 is 0. The van der Waals surface area contributed by atoms with Crippen molar-refractivity contribution in [3.8, 4) is 0 Å². The van der Waals surface area contributed by atoms with E-state index in [4.69, 9.17) is 23.2 Å². The highest BCUT2D eigenvalue weighted by Gasteiger charge is 2.22. The van der Waals surface area contributed by atoms with Crippen molar-refractivity contribution < 1.29 is 5.11 Å². The van der Waals surface area contributed by atoms with Crippen LogP contribution in [0, 0.1) is 0 Å². The molecule has 0 amide bonds. The summed E-state index contributed by atoms with van der Waals surface area (Å²) in [5.41, 5.74) is 0.681. The van der Waals surface area contributed by atoms with E-state index in [1.807, 2.05) is 30.3 Å². The van der Waals surface area contributed by atoms with Gasteiger partial charge in [-0.05, 0) is 30.7 Å². The van der Waals surface area contributed by atoms with E-state index in [1.165, 1.54) is 0 Å². The molecule has 4 heteroatoms. The van der Waals surface area contributed by atoms with Crippen molar-refractivity contribution in [3.63, 3.8) is 0 Å². The van der Waals surface area contributed by atoms with Crippen molar-refractivity contribution in [2.45, 2.75) is 12.5 Å². The first-order valence-electron chi connectivity index (χ1n) is 5.95. The summed E-state index contributed by atoms with van der Waals surface area (Å²) in [6.45, 7) is 2.13. The Bertz CT molecular complexity index is 535. The van der Waals surface area contributed by atoms with Gasteiger partial charge in [0.25, 0.3) is 0 Å². The fourth-order valence-corrected chi connectivity index (χ4v) is 2.36. The molecule has 0 spiro atoms. The van der Waals surface area contributed by atoms with Gasteiger partial charge in [0.1, 0.15) is 5.60 Å². The van der Waals surface area contributed by atoms with Crippen LogP contribution in [0.3, 0.4) is 0 Å². The Morgan fingerprint density at radius 3 is 2.21 bits per heavy atom. The van der Waals surface area contributed by atoms with Gasteiger partial charge in [-0.2, -0.15) is 0 Å². The Balaban J connectivity index is 2.09. The molecule has 2 aromatic carbocycles. The van der Waals surface area contributed by atoms with E-state index in [1.54, 1.807) is 25.1 Å². The summed E-state index contributed by atoms with van der Waals surface area (Å²) in [4.78, 5) is 0. The molecule has 0 fully saturated rings. The zero-order valence-electron chi connectivity index (χ0n) is 10.5. The molecule has 0 aliphatic carbocycles. The summed E-state index contributed by atoms with van der Waals surface area (Å²) in [5, 5.41) is 14.7. The van der Waals surface area contributed by atoms with Gasteiger partial charge >= 0.3 is 0 Å². The molecule has 2 rings (SSSR count). The van der Waals surface area contributed by atoms with Gasteiger partial charge in [-0.1, -0.05) is 53.5 Å². The number of aliphatic hydroxyl groups is 1. The predicted molar refractivity (Wildman–Crippen MR) is 81.0 cm³/mol. The normalized spacial score (nSPS) is 13.9. The smallest absolute Gasteiger partial charge is 0.104 e. The molecule has 0 heterocycles. The highest BCUT2D eigenvalue weighted by molar-refractivity contribution is 6.35. The maximum atomic E-state index is 10.5. The SMILES string of the molecule is CC(O)(CNc1cc(Cl)cc(Cl)c1)c1ccccc1. The molecule has 0 saturated heterocycles. The van der Waals surface area contributed by atoms with E-state index in [0.717, 1.165) is 11.3 Å². The molecule has 2 aromatic rings. The van der Waals surface area contributed by atoms with E-state index < -0.39 is 5.60 Å². The second-order valence-corrected chi connectivity index (χ2v) is 5.52. The van der Waals surface area contributed by atoms with Crippen LogP contribution < -0.4 is 5.32 Å². The van der Waals surface area contributed by atoms with Gasteiger partial charge in [0.05, 0.1) is 0 Å². The number of rotatable bonds is 4. The van der Waals surface area contributed by atoms with Gasteiger partial charge in [0.15, 0.2) is 0 Å². The standard InChI is InChI=1S/C15H15Cl2NO/c1-15(19,11-5-3-2-4-6-11)10-18-14-8-12(16)7-13(17)9-14/h2-9,18-19H,10H2,1H3. The second kappa shape index (κ2) is 5.83. The fourth-order valence-electron chi connectivity index (χ4n) is 1.83. The monoisotopic (exact) mass is 295 g/mol. The topological polar surface area (TPSA) is 32.3 Å². The van der Waals surface area contributed by atoms with Crippen LogP contribution >= 0.6 is 23.2 Å². The Hall–Kier alpha value is -1.22. The Kier molecular flexibility index (Phi) is 4.35. The van der Waals surface area contributed by atoms with E-state index in [9.17, 15) is 5.11 Å². The van der Waals surface area contributed by atoms with Crippen molar-refractivity contribution in [2.75, 3.05) is 11.9 Å². The van der Waals surface area contributed by atoms with Gasteiger partial charge in [0, 0.05) is 22.3 Å². The Morgan fingerprint density at radius 2 is 1.63 bits per heavy atom. The lowest BCUT2D eigenvalue weighted by molar-refractivity contribution is 0.0715. The zero-order valence-corrected chi connectivity index (χ0v) is 12.0. The van der Waals surface area contributed by atoms with Crippen LogP contribution in [0.2, 0.25) is 10.0 Å². The van der Waals surface area contributed by atoms with E-state index in [0.29, 0.717) is 16.6 Å². The number of benzene rings is 2. The summed E-state index contributed by atoms with van der Waals surface area (Å²) in [5.74, 6) is 0. The molecule has 1 atom stereocenters. The van der Waals surface area contributed by atoms with Gasteiger partial charge in [-0.25, -0.2) is 0 Å². The molecule has 0 aliphatic heterocycles. The van der Waals surface area contributed by atoms with Crippen molar-refractivity contribution in [2.24, 2.45) is 0 Å². The third-order valence-electron chi connectivity index (χ3n) is 2.89. The zero-order chi connectivity index (χ0) is 13.9. The minimum absolute atomic E-state index is 0.369. The third kappa shape index (κ3) is 3.87. The molecule has 100 valence electrons. The van der Waals surface area contributed by atoms with Gasteiger partial charge in [0.2, 0.25) is 0 Å². The van der Waals surface area contributed by atoms with E-state index in [2.05, 4.69) is 5.32 Å². The number of hydrogen-bond acceptors (Lipinski definition) is 2. The summed E-state index contributed by atoms with van der Waals surface area (Å²) >= 11 is 11.9. The van der Waals surface area contributed by atoms with E-state index >= 15 is 0 Å². The molecular weight excluding hydrogens is 281 g/mol. The maximum absolute atomic E-state index is 10.5. The second-order valence-electron chi connectivity index (χ2n) is 4.65. The molecule has 2 nitrogen and oxygen atoms in total. The molecule has 1 unspecified atom stereocenters. The quantitative estimate of drug-likeness (QED) is 0.881. The van der Waals surface area contributed by atoms with Crippen molar-refractivity contribution >= 4 is 28.9 Å². The Labute approximate surface area is 123 Å². The van der Waals surface area contributed by atoms with Crippen LogP contribution in [-0.2, 0) is 5.60 Å². The molecular formula is C15H15Cl2NO. The van der Waals surface area contributed by atoms with Crippen LogP contribution in [0.25, 0.3) is 0 Å². The highest BCUT2D eigenvalue weighted by atomic mass is 35.5. The first-order valence-corrected chi connectivity index (χ1v) is 6.71. The molecule has 0 aromatic heterocycles. The fraction of sp³-hybridized carbons (Fsp3) is 0.200. The lowest BCUT2D eigenvalue weighted by Gasteiger charge is -2.25. The average Bonchev–Trinajstić information content (AvgIpc) is 2.37. The molecule has 19 heavy (non-hydrogen) atoms. The minimum atomic E-state index is -0.962. The van der Waals surface area contributed by atoms with Crippen LogP contribution in [0.15, 0.2) is 48.5 Å². The highest BCUT2D eigenvalue weighted by Crippen LogP contribution is 2.25. The molecule has 2 N–H and O–H groups in total. The van der Waals surface area contributed by atoms with Gasteiger partial charge < -0.3 is 10.4 Å². The van der Waals surface area contributed by atoms with Crippen LogP contribution in [-0.4, -0.2) is 11.7 Å². The first-order chi connectivity index (χ1) is 8.97. The van der Waals surface area contributed by atoms with Crippen LogP contribution in [0.5, 0.6) is 0 Å². The summed E-state index contributed by atoms with van der Waals surface area (Å²) in [6, 6.07) is 14.7. The maximum Gasteiger partial charge on any atom is 0.104 e. The van der Waals surface area contributed by atoms with E-state index in [-0.39, 0.29) is 0 Å². The Morgan fingerprint density at radius 1 is 1.05 bits per heavy atom. The van der Waals surface area contributed by atoms with Crippen molar-refractivity contribution in [1.29, 1.82) is 0 Å². The third-order valence-corrected chi connectivity index (χ3v) is 3.33. The van der Waals surface area contributed by atoms with Crippen LogP contribution in [0.4, 0.5) is 5.69 Å². The lowest BCUT2D eigenvalue weighted by Crippen LogP contribution is -2.30. The minimum Gasteiger partial charge on any atom is -0.384 e. The average molecular weight is 296 g/mol. The van der Waals surface area contributed by atoms with Crippen molar-refractivity contribution in [1.82, 2.24) is 0 Å². The molecule has 0 bridgehead atoms. The predicted octanol–water partition coefficient (Wildman–Crippen LogP) is 4.31. The molecule has 0 radical (unpaired) electrons. The summed E-state index contributed by atoms with van der Waals surface area (Å²) in [6.07, 6.45) is 0. The number of nitrogens with one attached hydrogen (secondary N) is 1. The van der Waals surface area contributed by atoms with Gasteiger partial charge in [-0.15, -0.1) is 0 Å². The molecule has 0 aliphatic rings. The van der Waals surface area contributed by atoms with Crippen molar-refractivity contribution in [3.05, 3.63) is 64.1 Å².